The molecule has 1 aromatic heterocycles. The highest BCUT2D eigenvalue weighted by Crippen LogP contribution is 2.17. The van der Waals surface area contributed by atoms with Gasteiger partial charge in [-0.15, -0.1) is 0 Å². The number of para-hydroxylation sites is 1. The van der Waals surface area contributed by atoms with Crippen molar-refractivity contribution >= 4 is 28.6 Å². The van der Waals surface area contributed by atoms with Crippen LogP contribution in [0.4, 0.5) is 0 Å². The molecule has 1 heterocycles. The summed E-state index contributed by atoms with van der Waals surface area (Å²) in [6.07, 6.45) is 2.63. The Balaban J connectivity index is 1.34. The smallest absolute Gasteiger partial charge is 0.251 e. The van der Waals surface area contributed by atoms with E-state index in [2.05, 4.69) is 21.2 Å². The van der Waals surface area contributed by atoms with Crippen LogP contribution in [0, 0.1) is 0 Å². The Labute approximate surface area is 162 Å². The molecular weight excluding hydrogens is 356 g/mol. The van der Waals surface area contributed by atoms with Gasteiger partial charge in [0.25, 0.3) is 5.91 Å². The zero-order chi connectivity index (χ0) is 19.8. The summed E-state index contributed by atoms with van der Waals surface area (Å²) in [5.74, 6) is -0.773. The van der Waals surface area contributed by atoms with E-state index in [-0.39, 0.29) is 30.6 Å². The molecule has 0 aliphatic carbocycles. The minimum atomic E-state index is -0.304. The molecule has 0 saturated carbocycles. The Morgan fingerprint density at radius 3 is 2.39 bits per heavy atom. The second-order valence-corrected chi connectivity index (χ2v) is 6.36. The molecule has 3 amide bonds. The molecule has 0 radical (unpaired) electrons. The van der Waals surface area contributed by atoms with Crippen LogP contribution in [0.25, 0.3) is 10.9 Å². The molecule has 0 fully saturated rings. The van der Waals surface area contributed by atoms with Gasteiger partial charge in [-0.05, 0) is 30.2 Å². The Morgan fingerprint density at radius 2 is 1.57 bits per heavy atom. The lowest BCUT2D eigenvalue weighted by atomic mass is 10.1. The van der Waals surface area contributed by atoms with Crippen molar-refractivity contribution in [2.24, 2.45) is 0 Å². The van der Waals surface area contributed by atoms with E-state index in [0.717, 1.165) is 16.5 Å². The Hall–Kier alpha value is -3.61. The van der Waals surface area contributed by atoms with Crippen molar-refractivity contribution in [3.05, 3.63) is 71.9 Å². The van der Waals surface area contributed by atoms with Crippen molar-refractivity contribution in [1.82, 2.24) is 21.2 Å². The topological polar surface area (TPSA) is 103 Å². The Bertz CT molecular complexity index is 966. The number of nitrogens with one attached hydrogen (secondary N) is 4. The molecule has 0 aliphatic heterocycles. The largest absolute Gasteiger partial charge is 0.361 e. The third-order valence-electron chi connectivity index (χ3n) is 4.27. The first-order chi connectivity index (χ1) is 13.6. The fourth-order valence-corrected chi connectivity index (χ4v) is 2.84. The molecule has 0 atom stereocenters. The Morgan fingerprint density at radius 1 is 0.857 bits per heavy atom. The number of rotatable bonds is 7. The molecule has 0 spiro atoms. The standard InChI is InChI=1S/C21H22N4O3/c26-19(11-6-12-22-21(28)15-7-2-1-3-8-15)24-25-20(27)13-16-14-23-18-10-5-4-9-17(16)18/h1-5,7-10,14,23H,6,11-13H2,(H,22,28)(H,24,26)(H,25,27). The van der Waals surface area contributed by atoms with E-state index < -0.39 is 0 Å². The average Bonchev–Trinajstić information content (AvgIpc) is 3.13. The van der Waals surface area contributed by atoms with Crippen LogP contribution in [0.5, 0.6) is 0 Å². The number of amides is 3. The van der Waals surface area contributed by atoms with Crippen molar-refractivity contribution < 1.29 is 14.4 Å². The van der Waals surface area contributed by atoms with E-state index in [9.17, 15) is 14.4 Å². The van der Waals surface area contributed by atoms with Crippen LogP contribution in [0.1, 0.15) is 28.8 Å². The van der Waals surface area contributed by atoms with Gasteiger partial charge in [0.1, 0.15) is 0 Å². The maximum Gasteiger partial charge on any atom is 0.251 e. The average molecular weight is 378 g/mol. The van der Waals surface area contributed by atoms with Gasteiger partial charge in [-0.25, -0.2) is 0 Å². The van der Waals surface area contributed by atoms with Crippen molar-refractivity contribution in [1.29, 1.82) is 0 Å². The molecule has 0 saturated heterocycles. The fourth-order valence-electron chi connectivity index (χ4n) is 2.84. The van der Waals surface area contributed by atoms with Gasteiger partial charge < -0.3 is 10.3 Å². The second kappa shape index (κ2) is 9.36. The van der Waals surface area contributed by atoms with Crippen LogP contribution in [0.2, 0.25) is 0 Å². The van der Waals surface area contributed by atoms with Gasteiger partial charge in [0, 0.05) is 35.6 Å². The molecule has 28 heavy (non-hydrogen) atoms. The maximum absolute atomic E-state index is 12.0. The van der Waals surface area contributed by atoms with E-state index in [0.29, 0.717) is 18.5 Å². The SMILES string of the molecule is O=C(CCCNC(=O)c1ccccc1)NNC(=O)Cc1c[nH]c2ccccc12. The molecular formula is C21H22N4O3. The molecule has 7 nitrogen and oxygen atoms in total. The first-order valence-electron chi connectivity index (χ1n) is 9.09. The number of hydrogen-bond acceptors (Lipinski definition) is 3. The number of benzene rings is 2. The summed E-state index contributed by atoms with van der Waals surface area (Å²) in [5, 5.41) is 3.74. The van der Waals surface area contributed by atoms with Crippen LogP contribution in [0.15, 0.2) is 60.8 Å². The predicted octanol–water partition coefficient (Wildman–Crippen LogP) is 2.07. The molecule has 4 N–H and O–H groups in total. The number of hydrazine groups is 1. The summed E-state index contributed by atoms with van der Waals surface area (Å²) in [6, 6.07) is 16.6. The number of aromatic amines is 1. The van der Waals surface area contributed by atoms with E-state index >= 15 is 0 Å². The van der Waals surface area contributed by atoms with Gasteiger partial charge >= 0.3 is 0 Å². The van der Waals surface area contributed by atoms with E-state index in [1.165, 1.54) is 0 Å². The molecule has 144 valence electrons. The molecule has 2 aromatic carbocycles. The number of carbonyl (C=O) groups excluding carboxylic acids is 3. The summed E-state index contributed by atoms with van der Waals surface area (Å²) in [4.78, 5) is 38.9. The number of aromatic nitrogens is 1. The van der Waals surface area contributed by atoms with Crippen molar-refractivity contribution in [2.75, 3.05) is 6.54 Å². The van der Waals surface area contributed by atoms with Gasteiger partial charge in [-0.2, -0.15) is 0 Å². The summed E-state index contributed by atoms with van der Waals surface area (Å²) in [7, 11) is 0. The van der Waals surface area contributed by atoms with Gasteiger partial charge in [-0.3, -0.25) is 25.2 Å². The summed E-state index contributed by atoms with van der Waals surface area (Å²) >= 11 is 0. The lowest BCUT2D eigenvalue weighted by Gasteiger charge is -2.08. The highest BCUT2D eigenvalue weighted by molar-refractivity contribution is 5.94. The predicted molar refractivity (Wildman–Crippen MR) is 106 cm³/mol. The van der Waals surface area contributed by atoms with Crippen LogP contribution in [-0.2, 0) is 16.0 Å². The second-order valence-electron chi connectivity index (χ2n) is 6.36. The number of carbonyl (C=O) groups is 3. The van der Waals surface area contributed by atoms with Crippen LogP contribution in [0.3, 0.4) is 0 Å². The number of H-pyrrole nitrogens is 1. The number of hydrogen-bond donors (Lipinski definition) is 4. The molecule has 0 unspecified atom stereocenters. The van der Waals surface area contributed by atoms with E-state index in [1.807, 2.05) is 30.3 Å². The van der Waals surface area contributed by atoms with Crippen LogP contribution < -0.4 is 16.2 Å². The normalized spacial score (nSPS) is 10.4. The molecule has 3 rings (SSSR count). The third kappa shape index (κ3) is 5.20. The molecule has 0 aliphatic rings. The lowest BCUT2D eigenvalue weighted by molar-refractivity contribution is -0.128. The minimum Gasteiger partial charge on any atom is -0.361 e. The van der Waals surface area contributed by atoms with Gasteiger partial charge in [-0.1, -0.05) is 36.4 Å². The third-order valence-corrected chi connectivity index (χ3v) is 4.27. The highest BCUT2D eigenvalue weighted by Gasteiger charge is 2.10. The summed E-state index contributed by atoms with van der Waals surface area (Å²) in [6.45, 7) is 0.379. The lowest BCUT2D eigenvalue weighted by Crippen LogP contribution is -2.42. The monoisotopic (exact) mass is 378 g/mol. The molecule has 7 heteroatoms. The number of fused-ring (bicyclic) bond motifs is 1. The first kappa shape index (κ1) is 19.2. The maximum atomic E-state index is 12.0. The zero-order valence-corrected chi connectivity index (χ0v) is 15.3. The van der Waals surface area contributed by atoms with Gasteiger partial charge in [0.2, 0.25) is 11.8 Å². The van der Waals surface area contributed by atoms with Crippen LogP contribution in [-0.4, -0.2) is 29.3 Å². The van der Waals surface area contributed by atoms with E-state index in [1.54, 1.807) is 30.5 Å². The van der Waals surface area contributed by atoms with Gasteiger partial charge in [0.05, 0.1) is 6.42 Å². The quantitative estimate of drug-likeness (QED) is 0.374. The van der Waals surface area contributed by atoms with E-state index in [4.69, 9.17) is 0 Å². The molecule has 0 bridgehead atoms. The van der Waals surface area contributed by atoms with Crippen molar-refractivity contribution in [3.8, 4) is 0 Å². The van der Waals surface area contributed by atoms with Crippen molar-refractivity contribution in [2.45, 2.75) is 19.3 Å². The summed E-state index contributed by atoms with van der Waals surface area (Å²) < 4.78 is 0. The summed E-state index contributed by atoms with van der Waals surface area (Å²) in [5.41, 5.74) is 7.23. The minimum absolute atomic E-state index is 0.164. The highest BCUT2D eigenvalue weighted by atomic mass is 16.2. The van der Waals surface area contributed by atoms with Crippen LogP contribution >= 0.6 is 0 Å². The van der Waals surface area contributed by atoms with Gasteiger partial charge in [0.15, 0.2) is 0 Å². The zero-order valence-electron chi connectivity index (χ0n) is 15.3. The first-order valence-corrected chi connectivity index (χ1v) is 9.09. The fraction of sp³-hybridized carbons (Fsp3) is 0.190. The molecule has 3 aromatic rings. The Kier molecular flexibility index (Phi) is 6.41. The van der Waals surface area contributed by atoms with Crippen molar-refractivity contribution in [3.63, 3.8) is 0 Å².